The Hall–Kier alpha value is -2.21. The van der Waals surface area contributed by atoms with E-state index in [1.54, 1.807) is 25.3 Å². The third kappa shape index (κ3) is 2.63. The number of halogens is 1. The van der Waals surface area contributed by atoms with Crippen molar-refractivity contribution in [3.8, 4) is 5.69 Å². The minimum atomic E-state index is -0.352. The van der Waals surface area contributed by atoms with Crippen LogP contribution in [0.5, 0.6) is 0 Å². The van der Waals surface area contributed by atoms with Crippen LogP contribution in [0.1, 0.15) is 29.0 Å². The van der Waals surface area contributed by atoms with E-state index in [9.17, 15) is 9.18 Å². The smallest absolute Gasteiger partial charge is 0.271 e. The molecule has 1 amide bonds. The van der Waals surface area contributed by atoms with Crippen molar-refractivity contribution in [3.63, 3.8) is 0 Å². The fourth-order valence-corrected chi connectivity index (χ4v) is 1.81. The third-order valence-corrected chi connectivity index (χ3v) is 2.78. The minimum Gasteiger partial charge on any atom is -0.354 e. The Labute approximate surface area is 110 Å². The summed E-state index contributed by atoms with van der Waals surface area (Å²) >= 11 is 0. The Bertz CT molecular complexity index is 606. The normalized spacial score (nSPS) is 12.2. The molecule has 0 saturated heterocycles. The highest BCUT2D eigenvalue weighted by molar-refractivity contribution is 5.91. The van der Waals surface area contributed by atoms with E-state index in [0.29, 0.717) is 16.9 Å². The van der Waals surface area contributed by atoms with Gasteiger partial charge >= 0.3 is 0 Å². The number of nitrogens with two attached hydrogens (primary N) is 1. The van der Waals surface area contributed by atoms with Crippen LogP contribution in [-0.2, 0) is 0 Å². The molecule has 19 heavy (non-hydrogen) atoms. The van der Waals surface area contributed by atoms with Crippen molar-refractivity contribution in [1.29, 1.82) is 0 Å². The molecule has 6 heteroatoms. The second-order valence-electron chi connectivity index (χ2n) is 4.22. The zero-order chi connectivity index (χ0) is 14.0. The molecule has 0 aliphatic rings. The minimum absolute atomic E-state index is 0.275. The van der Waals surface area contributed by atoms with Crippen LogP contribution in [0.25, 0.3) is 5.69 Å². The van der Waals surface area contributed by atoms with Gasteiger partial charge in [-0.05, 0) is 36.8 Å². The number of hydrogen-bond acceptors (Lipinski definition) is 3. The van der Waals surface area contributed by atoms with Gasteiger partial charge in [0, 0.05) is 19.3 Å². The second-order valence-corrected chi connectivity index (χ2v) is 4.22. The number of carbonyl (C=O) groups is 1. The number of hydrogen-bond donors (Lipinski definition) is 2. The van der Waals surface area contributed by atoms with E-state index in [-0.39, 0.29) is 17.8 Å². The zero-order valence-corrected chi connectivity index (χ0v) is 10.7. The van der Waals surface area contributed by atoms with E-state index in [1.165, 1.54) is 23.9 Å². The van der Waals surface area contributed by atoms with Crippen molar-refractivity contribution in [3.05, 3.63) is 47.5 Å². The van der Waals surface area contributed by atoms with Crippen LogP contribution in [0.4, 0.5) is 4.39 Å². The number of rotatable bonds is 3. The van der Waals surface area contributed by atoms with Crippen molar-refractivity contribution < 1.29 is 9.18 Å². The number of aromatic nitrogens is 2. The average Bonchev–Trinajstić information content (AvgIpc) is 2.87. The van der Waals surface area contributed by atoms with Gasteiger partial charge in [-0.25, -0.2) is 9.07 Å². The van der Waals surface area contributed by atoms with Gasteiger partial charge in [-0.3, -0.25) is 4.79 Å². The summed E-state index contributed by atoms with van der Waals surface area (Å²) in [6, 6.07) is 5.56. The van der Waals surface area contributed by atoms with Crippen molar-refractivity contribution in [2.45, 2.75) is 13.0 Å². The van der Waals surface area contributed by atoms with E-state index in [4.69, 9.17) is 5.73 Å². The molecule has 1 heterocycles. The lowest BCUT2D eigenvalue weighted by atomic mass is 10.1. The summed E-state index contributed by atoms with van der Waals surface area (Å²) in [7, 11) is 1.53. The maximum absolute atomic E-state index is 13.3. The number of nitrogens with one attached hydrogen (secondary N) is 1. The standard InChI is InChI=1S/C13H15FN4O/c1-8(15)10-7-9(14)3-4-12(10)18-6-5-11(17-18)13(19)16-2/h3-8H,15H2,1-2H3,(H,16,19)/t8-/m1/s1. The van der Waals surface area contributed by atoms with Gasteiger partial charge in [0.05, 0.1) is 5.69 Å². The molecule has 0 radical (unpaired) electrons. The predicted molar refractivity (Wildman–Crippen MR) is 69.5 cm³/mol. The van der Waals surface area contributed by atoms with Gasteiger partial charge < -0.3 is 11.1 Å². The van der Waals surface area contributed by atoms with Crippen molar-refractivity contribution in [2.24, 2.45) is 5.73 Å². The molecular formula is C13H15FN4O. The van der Waals surface area contributed by atoms with E-state index in [2.05, 4.69) is 10.4 Å². The van der Waals surface area contributed by atoms with Crippen LogP contribution in [0.15, 0.2) is 30.5 Å². The quantitative estimate of drug-likeness (QED) is 0.878. The number of benzene rings is 1. The van der Waals surface area contributed by atoms with Gasteiger partial charge in [-0.2, -0.15) is 5.10 Å². The van der Waals surface area contributed by atoms with Gasteiger partial charge in [0.15, 0.2) is 5.69 Å². The Morgan fingerprint density at radius 1 is 1.47 bits per heavy atom. The fraction of sp³-hybridized carbons (Fsp3) is 0.231. The molecule has 0 saturated carbocycles. The summed E-state index contributed by atoms with van der Waals surface area (Å²) in [4.78, 5) is 11.5. The van der Waals surface area contributed by atoms with Gasteiger partial charge in [-0.15, -0.1) is 0 Å². The van der Waals surface area contributed by atoms with Crippen LogP contribution in [0.3, 0.4) is 0 Å². The summed E-state index contributed by atoms with van der Waals surface area (Å²) in [6.45, 7) is 1.77. The summed E-state index contributed by atoms with van der Waals surface area (Å²) in [5.74, 6) is -0.627. The van der Waals surface area contributed by atoms with E-state index in [0.717, 1.165) is 0 Å². The predicted octanol–water partition coefficient (Wildman–Crippen LogP) is 1.39. The van der Waals surface area contributed by atoms with Gasteiger partial charge in [0.25, 0.3) is 5.91 Å². The van der Waals surface area contributed by atoms with E-state index < -0.39 is 0 Å². The highest BCUT2D eigenvalue weighted by Crippen LogP contribution is 2.21. The van der Waals surface area contributed by atoms with Gasteiger partial charge in [0.2, 0.25) is 0 Å². The largest absolute Gasteiger partial charge is 0.354 e. The maximum Gasteiger partial charge on any atom is 0.271 e. The van der Waals surface area contributed by atoms with Crippen LogP contribution < -0.4 is 11.1 Å². The maximum atomic E-state index is 13.3. The zero-order valence-electron chi connectivity index (χ0n) is 10.7. The van der Waals surface area contributed by atoms with E-state index >= 15 is 0 Å². The summed E-state index contributed by atoms with van der Waals surface area (Å²) in [6.07, 6.45) is 1.64. The molecule has 1 atom stereocenters. The molecule has 5 nitrogen and oxygen atoms in total. The molecule has 0 spiro atoms. The molecule has 3 N–H and O–H groups in total. The van der Waals surface area contributed by atoms with Gasteiger partial charge in [0.1, 0.15) is 5.82 Å². The highest BCUT2D eigenvalue weighted by atomic mass is 19.1. The van der Waals surface area contributed by atoms with E-state index in [1.807, 2.05) is 0 Å². The Morgan fingerprint density at radius 3 is 2.84 bits per heavy atom. The first kappa shape index (κ1) is 13.2. The van der Waals surface area contributed by atoms with Crippen molar-refractivity contribution in [1.82, 2.24) is 15.1 Å². The van der Waals surface area contributed by atoms with Crippen LogP contribution in [0.2, 0.25) is 0 Å². The Morgan fingerprint density at radius 2 is 2.21 bits per heavy atom. The number of carbonyl (C=O) groups excluding carboxylic acids is 1. The summed E-state index contributed by atoms with van der Waals surface area (Å²) in [5.41, 5.74) is 7.41. The lowest BCUT2D eigenvalue weighted by Crippen LogP contribution is -2.19. The molecule has 0 fully saturated rings. The molecule has 100 valence electrons. The highest BCUT2D eigenvalue weighted by Gasteiger charge is 2.13. The first-order valence-electron chi connectivity index (χ1n) is 5.86. The molecule has 1 aromatic heterocycles. The van der Waals surface area contributed by atoms with Gasteiger partial charge in [-0.1, -0.05) is 0 Å². The van der Waals surface area contributed by atoms with Crippen molar-refractivity contribution >= 4 is 5.91 Å². The SMILES string of the molecule is CNC(=O)c1ccn(-c2ccc(F)cc2[C@@H](C)N)n1. The fourth-order valence-electron chi connectivity index (χ4n) is 1.81. The first-order chi connectivity index (χ1) is 9.02. The van der Waals surface area contributed by atoms with Crippen molar-refractivity contribution in [2.75, 3.05) is 7.05 Å². The molecule has 0 bridgehead atoms. The summed E-state index contributed by atoms with van der Waals surface area (Å²) < 4.78 is 14.8. The monoisotopic (exact) mass is 262 g/mol. The Kier molecular flexibility index (Phi) is 3.62. The topological polar surface area (TPSA) is 72.9 Å². The van der Waals surface area contributed by atoms with Crippen LogP contribution in [-0.4, -0.2) is 22.7 Å². The molecule has 0 aliphatic carbocycles. The number of nitrogens with zero attached hydrogens (tertiary/aromatic N) is 2. The lowest BCUT2D eigenvalue weighted by molar-refractivity contribution is 0.0957. The average molecular weight is 262 g/mol. The molecule has 0 unspecified atom stereocenters. The Balaban J connectivity index is 2.47. The van der Waals surface area contributed by atoms with Crippen LogP contribution in [0, 0.1) is 5.82 Å². The van der Waals surface area contributed by atoms with Crippen LogP contribution >= 0.6 is 0 Å². The molecule has 2 aromatic rings. The lowest BCUT2D eigenvalue weighted by Gasteiger charge is -2.12. The molecule has 0 aliphatic heterocycles. The second kappa shape index (κ2) is 5.19. The third-order valence-electron chi connectivity index (χ3n) is 2.78. The summed E-state index contributed by atoms with van der Waals surface area (Å²) in [5, 5.41) is 6.64. The molecule has 1 aromatic carbocycles. The number of amides is 1. The molecular weight excluding hydrogens is 247 g/mol. The molecule has 2 rings (SSSR count). The first-order valence-corrected chi connectivity index (χ1v) is 5.86.